The molecule has 6 nitrogen and oxygen atoms in total. The van der Waals surface area contributed by atoms with Gasteiger partial charge in [-0.25, -0.2) is 0 Å². The summed E-state index contributed by atoms with van der Waals surface area (Å²) in [4.78, 5) is 15.8. The minimum atomic E-state index is -0.223. The van der Waals surface area contributed by atoms with Crippen LogP contribution in [0.4, 0.5) is 0 Å². The molecule has 130 valence electrons. The molecule has 1 aromatic heterocycles. The Morgan fingerprint density at radius 1 is 1.12 bits per heavy atom. The van der Waals surface area contributed by atoms with Gasteiger partial charge in [0, 0.05) is 26.7 Å². The summed E-state index contributed by atoms with van der Waals surface area (Å²) in [6.07, 6.45) is 1.48. The lowest BCUT2D eigenvalue weighted by Crippen LogP contribution is -2.41. The van der Waals surface area contributed by atoms with E-state index in [0.717, 1.165) is 0 Å². The molecular weight excluding hydrogens is 419 g/mol. The van der Waals surface area contributed by atoms with Crippen LogP contribution in [0.5, 0.6) is 0 Å². The van der Waals surface area contributed by atoms with E-state index in [2.05, 4.69) is 46.1 Å². The van der Waals surface area contributed by atoms with Crippen molar-refractivity contribution in [1.29, 1.82) is 0 Å². The highest BCUT2D eigenvalue weighted by Gasteiger charge is 2.06. The van der Waals surface area contributed by atoms with Crippen molar-refractivity contribution in [3.05, 3.63) is 59.5 Å². The number of guanidine groups is 1. The van der Waals surface area contributed by atoms with Gasteiger partial charge in [0.2, 0.25) is 0 Å². The standard InChI is InChI=1S/C17H22N4O2.HI/c1-13-5-3-6-14(11-13)12-21-17(18-2)20-9-8-19-16(22)15-7-4-10-23-15;/h3-7,10-11H,8-9,12H2,1-2H3,(H,19,22)(H2,18,20,21);1H. The number of nitrogens with zero attached hydrogens (tertiary/aromatic N) is 1. The second-order valence-electron chi connectivity index (χ2n) is 5.07. The van der Waals surface area contributed by atoms with Gasteiger partial charge in [0.1, 0.15) is 0 Å². The zero-order valence-corrected chi connectivity index (χ0v) is 16.2. The second kappa shape index (κ2) is 10.7. The number of nitrogens with one attached hydrogen (secondary N) is 3. The Kier molecular flexibility index (Phi) is 8.92. The number of carbonyl (C=O) groups excluding carboxylic acids is 1. The fourth-order valence-electron chi connectivity index (χ4n) is 2.08. The van der Waals surface area contributed by atoms with Gasteiger partial charge in [-0.3, -0.25) is 9.79 Å². The predicted octanol–water partition coefficient (Wildman–Crippen LogP) is 2.30. The van der Waals surface area contributed by atoms with Crippen molar-refractivity contribution >= 4 is 35.8 Å². The van der Waals surface area contributed by atoms with Crippen LogP contribution in [-0.2, 0) is 6.54 Å². The monoisotopic (exact) mass is 442 g/mol. The van der Waals surface area contributed by atoms with E-state index in [-0.39, 0.29) is 29.9 Å². The second-order valence-corrected chi connectivity index (χ2v) is 5.07. The van der Waals surface area contributed by atoms with Crippen LogP contribution in [0.15, 0.2) is 52.1 Å². The highest BCUT2D eigenvalue weighted by molar-refractivity contribution is 14.0. The summed E-state index contributed by atoms with van der Waals surface area (Å²) in [5.74, 6) is 0.783. The minimum Gasteiger partial charge on any atom is -0.459 e. The lowest BCUT2D eigenvalue weighted by atomic mass is 10.1. The van der Waals surface area contributed by atoms with Crippen molar-refractivity contribution in [2.24, 2.45) is 4.99 Å². The Labute approximate surface area is 159 Å². The highest BCUT2D eigenvalue weighted by Crippen LogP contribution is 2.03. The van der Waals surface area contributed by atoms with Crippen molar-refractivity contribution in [1.82, 2.24) is 16.0 Å². The molecule has 1 aromatic carbocycles. The van der Waals surface area contributed by atoms with E-state index in [0.29, 0.717) is 31.4 Å². The van der Waals surface area contributed by atoms with Gasteiger partial charge < -0.3 is 20.4 Å². The van der Waals surface area contributed by atoms with Crippen molar-refractivity contribution in [2.75, 3.05) is 20.1 Å². The SMILES string of the molecule is CN=C(NCCNC(=O)c1ccco1)NCc1cccc(C)c1.I. The molecule has 0 atom stereocenters. The summed E-state index contributed by atoms with van der Waals surface area (Å²) in [6, 6.07) is 11.6. The van der Waals surface area contributed by atoms with E-state index < -0.39 is 0 Å². The molecule has 7 heteroatoms. The maximum Gasteiger partial charge on any atom is 0.287 e. The average Bonchev–Trinajstić information content (AvgIpc) is 3.08. The highest BCUT2D eigenvalue weighted by atomic mass is 127. The zero-order valence-electron chi connectivity index (χ0n) is 13.8. The topological polar surface area (TPSA) is 78.7 Å². The average molecular weight is 442 g/mol. The molecule has 0 aliphatic heterocycles. The van der Waals surface area contributed by atoms with Gasteiger partial charge in [-0.15, -0.1) is 24.0 Å². The summed E-state index contributed by atoms with van der Waals surface area (Å²) in [7, 11) is 1.72. The molecule has 0 saturated heterocycles. The number of furan rings is 1. The third-order valence-corrected chi connectivity index (χ3v) is 3.21. The molecular formula is C17H23IN4O2. The van der Waals surface area contributed by atoms with Crippen LogP contribution in [0.2, 0.25) is 0 Å². The molecule has 0 fully saturated rings. The summed E-state index contributed by atoms with van der Waals surface area (Å²) in [5, 5.41) is 9.15. The van der Waals surface area contributed by atoms with Crippen molar-refractivity contribution < 1.29 is 9.21 Å². The van der Waals surface area contributed by atoms with E-state index in [1.165, 1.54) is 17.4 Å². The summed E-state index contributed by atoms with van der Waals surface area (Å²) in [5.41, 5.74) is 2.42. The maximum atomic E-state index is 11.7. The molecule has 1 amide bonds. The molecule has 1 heterocycles. The maximum absolute atomic E-state index is 11.7. The Morgan fingerprint density at radius 3 is 2.58 bits per heavy atom. The molecule has 0 aliphatic rings. The van der Waals surface area contributed by atoms with Crippen LogP contribution < -0.4 is 16.0 Å². The molecule has 0 saturated carbocycles. The normalized spacial score (nSPS) is 10.7. The molecule has 0 bridgehead atoms. The molecule has 0 aliphatic carbocycles. The fourth-order valence-corrected chi connectivity index (χ4v) is 2.08. The van der Waals surface area contributed by atoms with Crippen LogP contribution in [0.3, 0.4) is 0 Å². The largest absolute Gasteiger partial charge is 0.459 e. The van der Waals surface area contributed by atoms with E-state index in [1.54, 1.807) is 19.2 Å². The summed E-state index contributed by atoms with van der Waals surface area (Å²) < 4.78 is 5.02. The first-order valence-electron chi connectivity index (χ1n) is 7.51. The lowest BCUT2D eigenvalue weighted by molar-refractivity contribution is 0.0926. The molecule has 0 radical (unpaired) electrons. The van der Waals surface area contributed by atoms with E-state index in [4.69, 9.17) is 4.42 Å². The quantitative estimate of drug-likeness (QED) is 0.278. The van der Waals surface area contributed by atoms with Gasteiger partial charge in [0.25, 0.3) is 5.91 Å². The van der Waals surface area contributed by atoms with Gasteiger partial charge >= 0.3 is 0 Å². The number of benzene rings is 1. The summed E-state index contributed by atoms with van der Waals surface area (Å²) >= 11 is 0. The van der Waals surface area contributed by atoms with Crippen LogP contribution in [0, 0.1) is 6.92 Å². The van der Waals surface area contributed by atoms with Gasteiger partial charge in [-0.2, -0.15) is 0 Å². The molecule has 3 N–H and O–H groups in total. The zero-order chi connectivity index (χ0) is 16.5. The van der Waals surface area contributed by atoms with Gasteiger partial charge in [-0.1, -0.05) is 29.8 Å². The van der Waals surface area contributed by atoms with Crippen LogP contribution >= 0.6 is 24.0 Å². The Morgan fingerprint density at radius 2 is 1.92 bits per heavy atom. The smallest absolute Gasteiger partial charge is 0.287 e. The van der Waals surface area contributed by atoms with Crippen LogP contribution in [0.1, 0.15) is 21.7 Å². The van der Waals surface area contributed by atoms with E-state index in [9.17, 15) is 4.79 Å². The fraction of sp³-hybridized carbons (Fsp3) is 0.294. The first-order chi connectivity index (χ1) is 11.2. The van der Waals surface area contributed by atoms with Crippen LogP contribution in [0.25, 0.3) is 0 Å². The molecule has 0 unspecified atom stereocenters. The molecule has 24 heavy (non-hydrogen) atoms. The first kappa shape index (κ1) is 20.0. The third kappa shape index (κ3) is 6.61. The van der Waals surface area contributed by atoms with Gasteiger partial charge in [0.15, 0.2) is 11.7 Å². The van der Waals surface area contributed by atoms with Crippen molar-refractivity contribution in [3.63, 3.8) is 0 Å². The Balaban J connectivity index is 0.00000288. The summed E-state index contributed by atoms with van der Waals surface area (Å²) in [6.45, 7) is 3.81. The number of hydrogen-bond donors (Lipinski definition) is 3. The van der Waals surface area contributed by atoms with Crippen molar-refractivity contribution in [3.8, 4) is 0 Å². The molecule has 2 rings (SSSR count). The first-order valence-corrected chi connectivity index (χ1v) is 7.51. The predicted molar refractivity (Wildman–Crippen MR) is 106 cm³/mol. The number of carbonyl (C=O) groups is 1. The lowest BCUT2D eigenvalue weighted by Gasteiger charge is -2.12. The van der Waals surface area contributed by atoms with E-state index in [1.807, 2.05) is 6.07 Å². The van der Waals surface area contributed by atoms with E-state index >= 15 is 0 Å². The number of amides is 1. The Bertz CT molecular complexity index is 656. The van der Waals surface area contributed by atoms with Crippen LogP contribution in [-0.4, -0.2) is 32.0 Å². The number of halogens is 1. The third-order valence-electron chi connectivity index (χ3n) is 3.21. The Hall–Kier alpha value is -2.03. The number of rotatable bonds is 6. The number of aryl methyl sites for hydroxylation is 1. The van der Waals surface area contributed by atoms with Gasteiger partial charge in [0.05, 0.1) is 6.26 Å². The molecule has 2 aromatic rings. The number of hydrogen-bond acceptors (Lipinski definition) is 3. The van der Waals surface area contributed by atoms with Gasteiger partial charge in [-0.05, 0) is 24.6 Å². The van der Waals surface area contributed by atoms with Crippen molar-refractivity contribution in [2.45, 2.75) is 13.5 Å². The molecule has 0 spiro atoms. The number of aliphatic imine (C=N–C) groups is 1. The minimum absolute atomic E-state index is 0.